The number of hydrogen-bond acceptors (Lipinski definition) is 6. The van der Waals surface area contributed by atoms with E-state index in [4.69, 9.17) is 0 Å². The molecule has 11 heteroatoms. The number of hydrogen-bond donors (Lipinski definition) is 0. The number of aryl methyl sites for hydroxylation is 1. The Kier molecular flexibility index (Phi) is 5.52. The van der Waals surface area contributed by atoms with E-state index in [1.807, 2.05) is 0 Å². The fraction of sp³-hybridized carbons (Fsp3) is 0.200. The SMILES string of the molecule is Cc1ccc(OS(=O)(=O)CS(=O)(=O)Oc2ccc(C(F)(F)F)cc2)cc1. The molecule has 0 atom stereocenters. The second kappa shape index (κ2) is 7.16. The van der Waals surface area contributed by atoms with Crippen LogP contribution < -0.4 is 8.37 Å². The summed E-state index contributed by atoms with van der Waals surface area (Å²) >= 11 is 0. The highest BCUT2D eigenvalue weighted by Gasteiger charge is 2.31. The topological polar surface area (TPSA) is 86.7 Å². The Morgan fingerprint density at radius 1 is 0.769 bits per heavy atom. The number of benzene rings is 2. The summed E-state index contributed by atoms with van der Waals surface area (Å²) in [4.78, 5) is 0. The highest BCUT2D eigenvalue weighted by molar-refractivity contribution is 8.04. The van der Waals surface area contributed by atoms with Gasteiger partial charge in [-0.05, 0) is 43.3 Å². The molecule has 0 radical (unpaired) electrons. The minimum Gasteiger partial charge on any atom is -0.382 e. The van der Waals surface area contributed by atoms with E-state index in [1.54, 1.807) is 19.1 Å². The van der Waals surface area contributed by atoms with Gasteiger partial charge in [0.2, 0.25) is 5.08 Å². The van der Waals surface area contributed by atoms with Gasteiger partial charge in [0, 0.05) is 0 Å². The van der Waals surface area contributed by atoms with Gasteiger partial charge in [-0.1, -0.05) is 17.7 Å². The Labute approximate surface area is 148 Å². The minimum absolute atomic E-state index is 0.0830. The molecule has 2 rings (SSSR count). The monoisotopic (exact) mass is 410 g/mol. The van der Waals surface area contributed by atoms with Crippen molar-refractivity contribution in [2.45, 2.75) is 13.1 Å². The Bertz CT molecular complexity index is 964. The molecule has 0 aliphatic carbocycles. The second-order valence-corrected chi connectivity index (χ2v) is 8.74. The molecule has 0 aliphatic heterocycles. The molecule has 0 amide bonds. The van der Waals surface area contributed by atoms with Crippen LogP contribution in [0.1, 0.15) is 11.1 Å². The van der Waals surface area contributed by atoms with Gasteiger partial charge in [-0.3, -0.25) is 0 Å². The van der Waals surface area contributed by atoms with Crippen LogP contribution in [0.25, 0.3) is 0 Å². The smallest absolute Gasteiger partial charge is 0.382 e. The predicted molar refractivity (Wildman–Crippen MR) is 86.6 cm³/mol. The third-order valence-corrected chi connectivity index (χ3v) is 6.14. The predicted octanol–water partition coefficient (Wildman–Crippen LogP) is 3.09. The van der Waals surface area contributed by atoms with Crippen molar-refractivity contribution in [1.29, 1.82) is 0 Å². The van der Waals surface area contributed by atoms with Crippen molar-refractivity contribution in [2.75, 3.05) is 5.08 Å². The first-order valence-electron chi connectivity index (χ1n) is 6.95. The van der Waals surface area contributed by atoms with Gasteiger partial charge in [0.25, 0.3) is 0 Å². The third kappa shape index (κ3) is 5.92. The van der Waals surface area contributed by atoms with Crippen LogP contribution in [-0.4, -0.2) is 21.9 Å². The highest BCUT2D eigenvalue weighted by atomic mass is 32.3. The molecule has 0 unspecified atom stereocenters. The Morgan fingerprint density at radius 3 is 1.54 bits per heavy atom. The molecule has 0 bridgehead atoms. The Balaban J connectivity index is 2.08. The molecule has 0 fully saturated rings. The maximum absolute atomic E-state index is 12.5. The normalized spacial score (nSPS) is 12.6. The summed E-state index contributed by atoms with van der Waals surface area (Å²) in [5.74, 6) is -0.538. The van der Waals surface area contributed by atoms with Gasteiger partial charge in [-0.25, -0.2) is 0 Å². The number of alkyl halides is 3. The van der Waals surface area contributed by atoms with Crippen LogP contribution in [0.3, 0.4) is 0 Å². The largest absolute Gasteiger partial charge is 0.416 e. The van der Waals surface area contributed by atoms with Gasteiger partial charge in [0.05, 0.1) is 5.56 Å². The van der Waals surface area contributed by atoms with E-state index in [0.717, 1.165) is 17.7 Å². The lowest BCUT2D eigenvalue weighted by Gasteiger charge is -2.10. The first-order chi connectivity index (χ1) is 11.9. The summed E-state index contributed by atoms with van der Waals surface area (Å²) < 4.78 is 93.9. The van der Waals surface area contributed by atoms with Crippen molar-refractivity contribution in [3.63, 3.8) is 0 Å². The standard InChI is InChI=1S/C15H13F3O6S2/c1-11-2-6-13(7-3-11)23-25(19,20)10-26(21,22)24-14-8-4-12(5-9-14)15(16,17)18/h2-9H,10H2,1H3. The summed E-state index contributed by atoms with van der Waals surface area (Å²) in [7, 11) is -9.21. The van der Waals surface area contributed by atoms with Crippen LogP contribution in [0.2, 0.25) is 0 Å². The summed E-state index contributed by atoms with van der Waals surface area (Å²) in [6.45, 7) is 1.76. The van der Waals surface area contributed by atoms with Crippen LogP contribution in [0, 0.1) is 6.92 Å². The second-order valence-electron chi connectivity index (χ2n) is 5.24. The van der Waals surface area contributed by atoms with Crippen molar-refractivity contribution >= 4 is 20.2 Å². The highest BCUT2D eigenvalue weighted by Crippen LogP contribution is 2.30. The molecule has 6 nitrogen and oxygen atoms in total. The lowest BCUT2D eigenvalue weighted by Crippen LogP contribution is -2.24. The van der Waals surface area contributed by atoms with Crippen LogP contribution in [0.4, 0.5) is 13.2 Å². The summed E-state index contributed by atoms with van der Waals surface area (Å²) in [5, 5.41) is -1.51. The number of rotatable bonds is 6. The van der Waals surface area contributed by atoms with E-state index in [0.29, 0.717) is 12.1 Å². The molecule has 142 valence electrons. The zero-order valence-electron chi connectivity index (χ0n) is 13.2. The van der Waals surface area contributed by atoms with Crippen LogP contribution in [0.15, 0.2) is 48.5 Å². The molecule has 0 spiro atoms. The fourth-order valence-electron chi connectivity index (χ4n) is 1.81. The zero-order valence-corrected chi connectivity index (χ0v) is 14.9. The van der Waals surface area contributed by atoms with E-state index in [9.17, 15) is 30.0 Å². The first-order valence-corrected chi connectivity index (χ1v) is 10.1. The molecule has 0 N–H and O–H groups in total. The molecule has 0 aromatic heterocycles. The fourth-order valence-corrected chi connectivity index (χ4v) is 4.42. The number of halogens is 3. The van der Waals surface area contributed by atoms with Crippen molar-refractivity contribution in [1.82, 2.24) is 0 Å². The first kappa shape index (κ1) is 20.0. The van der Waals surface area contributed by atoms with Crippen molar-refractivity contribution in [3.05, 3.63) is 59.7 Å². The summed E-state index contributed by atoms with van der Waals surface area (Å²) in [6, 6.07) is 8.59. The van der Waals surface area contributed by atoms with Gasteiger partial charge in [-0.15, -0.1) is 0 Å². The summed E-state index contributed by atoms with van der Waals surface area (Å²) in [5.41, 5.74) is -0.161. The Hall–Kier alpha value is -2.27. The molecular weight excluding hydrogens is 397 g/mol. The molecule has 26 heavy (non-hydrogen) atoms. The quantitative estimate of drug-likeness (QED) is 0.681. The molecule has 0 saturated heterocycles. The maximum atomic E-state index is 12.5. The van der Waals surface area contributed by atoms with Gasteiger partial charge >= 0.3 is 26.4 Å². The maximum Gasteiger partial charge on any atom is 0.416 e. The van der Waals surface area contributed by atoms with Crippen LogP contribution in [-0.2, 0) is 26.4 Å². The molecule has 0 aliphatic rings. The lowest BCUT2D eigenvalue weighted by molar-refractivity contribution is -0.137. The van der Waals surface area contributed by atoms with E-state index in [-0.39, 0.29) is 5.75 Å². The summed E-state index contributed by atoms with van der Waals surface area (Å²) in [6.07, 6.45) is -4.59. The van der Waals surface area contributed by atoms with Crippen LogP contribution >= 0.6 is 0 Å². The molecule has 2 aromatic rings. The van der Waals surface area contributed by atoms with Gasteiger partial charge < -0.3 is 8.37 Å². The molecule has 0 saturated carbocycles. The van der Waals surface area contributed by atoms with E-state index >= 15 is 0 Å². The van der Waals surface area contributed by atoms with Crippen LogP contribution in [0.5, 0.6) is 11.5 Å². The lowest BCUT2D eigenvalue weighted by atomic mass is 10.2. The van der Waals surface area contributed by atoms with Crippen molar-refractivity contribution in [3.8, 4) is 11.5 Å². The van der Waals surface area contributed by atoms with Gasteiger partial charge in [0.15, 0.2) is 0 Å². The van der Waals surface area contributed by atoms with E-state index in [2.05, 4.69) is 8.37 Å². The van der Waals surface area contributed by atoms with Crippen molar-refractivity contribution < 1.29 is 38.4 Å². The third-order valence-electron chi connectivity index (χ3n) is 2.94. The zero-order chi connectivity index (χ0) is 19.6. The van der Waals surface area contributed by atoms with Gasteiger partial charge in [-0.2, -0.15) is 30.0 Å². The molecular formula is C15H13F3O6S2. The molecule has 2 aromatic carbocycles. The Morgan fingerprint density at radius 2 is 1.15 bits per heavy atom. The van der Waals surface area contributed by atoms with E-state index < -0.39 is 42.8 Å². The van der Waals surface area contributed by atoms with Crippen molar-refractivity contribution in [2.24, 2.45) is 0 Å². The van der Waals surface area contributed by atoms with E-state index in [1.165, 1.54) is 12.1 Å². The molecule has 0 heterocycles. The minimum atomic E-state index is -4.66. The average Bonchev–Trinajstić information content (AvgIpc) is 2.47. The van der Waals surface area contributed by atoms with Gasteiger partial charge in [0.1, 0.15) is 11.5 Å². The average molecular weight is 410 g/mol.